The van der Waals surface area contributed by atoms with Crippen molar-refractivity contribution >= 4 is 17.6 Å². The Morgan fingerprint density at radius 3 is 2.57 bits per heavy atom. The summed E-state index contributed by atoms with van der Waals surface area (Å²) in [5.74, 6) is -1.02. The number of benzene rings is 1. The molecule has 3 rings (SSSR count). The first-order chi connectivity index (χ1) is 11.2. The summed E-state index contributed by atoms with van der Waals surface area (Å²) in [6.45, 7) is 3.56. The van der Waals surface area contributed by atoms with Gasteiger partial charge in [-0.1, -0.05) is 12.1 Å². The highest BCUT2D eigenvalue weighted by atomic mass is 16.5. The lowest BCUT2D eigenvalue weighted by Crippen LogP contribution is -2.53. The van der Waals surface area contributed by atoms with E-state index in [1.807, 2.05) is 4.90 Å². The second kappa shape index (κ2) is 6.97. The van der Waals surface area contributed by atoms with Crippen molar-refractivity contribution in [1.29, 1.82) is 0 Å². The van der Waals surface area contributed by atoms with Crippen LogP contribution in [-0.4, -0.2) is 74.0 Å². The second-order valence-corrected chi connectivity index (χ2v) is 5.57. The topological polar surface area (TPSA) is 79.3 Å². The summed E-state index contributed by atoms with van der Waals surface area (Å²) in [7, 11) is 0. The van der Waals surface area contributed by atoms with Crippen molar-refractivity contribution in [3.8, 4) is 0 Å². The molecule has 0 aromatic heterocycles. The Balaban J connectivity index is 1.73. The summed E-state index contributed by atoms with van der Waals surface area (Å²) in [5, 5.41) is 9.33. The lowest BCUT2D eigenvalue weighted by Gasteiger charge is -2.37. The van der Waals surface area contributed by atoms with E-state index in [-0.39, 0.29) is 11.5 Å². The fourth-order valence-electron chi connectivity index (χ4n) is 2.94. The van der Waals surface area contributed by atoms with Crippen molar-refractivity contribution in [2.75, 3.05) is 50.9 Å². The molecule has 124 valence electrons. The maximum Gasteiger partial charge on any atom is 0.337 e. The number of hydrogen-bond donors (Lipinski definition) is 1. The zero-order valence-corrected chi connectivity index (χ0v) is 12.8. The predicted molar refractivity (Wildman–Crippen MR) is 82.8 cm³/mol. The Bertz CT molecular complexity index is 586. The standard InChI is InChI=1S/C16H20N2O5/c19-15(17-5-8-22-9-6-17)14-11-18(7-10-23-14)13-4-2-1-3-12(13)16(20)21/h1-4,14H,5-11H2,(H,20,21). The molecule has 23 heavy (non-hydrogen) atoms. The van der Waals surface area contributed by atoms with Gasteiger partial charge >= 0.3 is 5.97 Å². The van der Waals surface area contributed by atoms with Crippen LogP contribution in [0.15, 0.2) is 24.3 Å². The predicted octanol–water partition coefficient (Wildman–Crippen LogP) is 0.449. The van der Waals surface area contributed by atoms with E-state index in [0.717, 1.165) is 0 Å². The number of ether oxygens (including phenoxy) is 2. The molecule has 1 amide bonds. The van der Waals surface area contributed by atoms with Crippen molar-refractivity contribution in [2.45, 2.75) is 6.10 Å². The first kappa shape index (κ1) is 15.8. The van der Waals surface area contributed by atoms with Gasteiger partial charge in [0.2, 0.25) is 0 Å². The molecular formula is C16H20N2O5. The summed E-state index contributed by atoms with van der Waals surface area (Å²) >= 11 is 0. The van der Waals surface area contributed by atoms with Crippen molar-refractivity contribution in [3.63, 3.8) is 0 Å². The second-order valence-electron chi connectivity index (χ2n) is 5.57. The first-order valence-electron chi connectivity index (χ1n) is 7.72. The van der Waals surface area contributed by atoms with Gasteiger partial charge < -0.3 is 24.4 Å². The van der Waals surface area contributed by atoms with Crippen LogP contribution in [0.1, 0.15) is 10.4 Å². The summed E-state index contributed by atoms with van der Waals surface area (Å²) in [6.07, 6.45) is -0.566. The van der Waals surface area contributed by atoms with E-state index in [9.17, 15) is 14.7 Å². The highest BCUT2D eigenvalue weighted by Crippen LogP contribution is 2.23. The largest absolute Gasteiger partial charge is 0.478 e. The summed E-state index contributed by atoms with van der Waals surface area (Å²) in [5.41, 5.74) is 0.870. The van der Waals surface area contributed by atoms with Crippen molar-refractivity contribution in [1.82, 2.24) is 4.90 Å². The molecule has 1 atom stereocenters. The van der Waals surface area contributed by atoms with Crippen LogP contribution in [0.3, 0.4) is 0 Å². The van der Waals surface area contributed by atoms with Crippen LogP contribution in [0.2, 0.25) is 0 Å². The van der Waals surface area contributed by atoms with Crippen LogP contribution in [-0.2, 0) is 14.3 Å². The summed E-state index contributed by atoms with van der Waals surface area (Å²) in [6, 6.07) is 6.84. The molecule has 1 unspecified atom stereocenters. The minimum atomic E-state index is -0.969. The number of hydrogen-bond acceptors (Lipinski definition) is 5. The van der Waals surface area contributed by atoms with Crippen LogP contribution in [0.5, 0.6) is 0 Å². The Labute approximate surface area is 134 Å². The lowest BCUT2D eigenvalue weighted by molar-refractivity contribution is -0.148. The number of anilines is 1. The van der Waals surface area contributed by atoms with E-state index in [0.29, 0.717) is 51.7 Å². The quantitative estimate of drug-likeness (QED) is 0.871. The van der Waals surface area contributed by atoms with E-state index in [2.05, 4.69) is 0 Å². The zero-order valence-electron chi connectivity index (χ0n) is 12.8. The molecule has 0 aliphatic carbocycles. The fourth-order valence-corrected chi connectivity index (χ4v) is 2.94. The zero-order chi connectivity index (χ0) is 16.2. The fraction of sp³-hybridized carbons (Fsp3) is 0.500. The third kappa shape index (κ3) is 3.46. The number of nitrogens with zero attached hydrogens (tertiary/aromatic N) is 2. The minimum Gasteiger partial charge on any atom is -0.478 e. The molecule has 2 saturated heterocycles. The number of carbonyl (C=O) groups excluding carboxylic acids is 1. The van der Waals surface area contributed by atoms with Crippen LogP contribution >= 0.6 is 0 Å². The molecule has 1 aromatic rings. The van der Waals surface area contributed by atoms with E-state index in [4.69, 9.17) is 9.47 Å². The number of amides is 1. The smallest absolute Gasteiger partial charge is 0.337 e. The number of rotatable bonds is 3. The molecule has 2 aliphatic rings. The Morgan fingerprint density at radius 1 is 1.09 bits per heavy atom. The summed E-state index contributed by atoms with van der Waals surface area (Å²) < 4.78 is 10.9. The molecule has 2 fully saturated rings. The van der Waals surface area contributed by atoms with E-state index < -0.39 is 12.1 Å². The Morgan fingerprint density at radius 2 is 1.83 bits per heavy atom. The maximum absolute atomic E-state index is 12.6. The molecule has 0 radical (unpaired) electrons. The number of carbonyl (C=O) groups is 2. The van der Waals surface area contributed by atoms with Crippen LogP contribution in [0, 0.1) is 0 Å². The molecule has 1 N–H and O–H groups in total. The van der Waals surface area contributed by atoms with Gasteiger partial charge in [-0.3, -0.25) is 4.79 Å². The molecular weight excluding hydrogens is 300 g/mol. The van der Waals surface area contributed by atoms with E-state index in [1.54, 1.807) is 29.2 Å². The van der Waals surface area contributed by atoms with Gasteiger partial charge in [-0.15, -0.1) is 0 Å². The van der Waals surface area contributed by atoms with Gasteiger partial charge in [0.05, 0.1) is 37.6 Å². The van der Waals surface area contributed by atoms with E-state index in [1.165, 1.54) is 0 Å². The monoisotopic (exact) mass is 320 g/mol. The molecule has 2 aliphatic heterocycles. The van der Waals surface area contributed by atoms with Gasteiger partial charge in [0.1, 0.15) is 0 Å². The highest BCUT2D eigenvalue weighted by Gasteiger charge is 2.32. The van der Waals surface area contributed by atoms with Gasteiger partial charge in [0, 0.05) is 19.6 Å². The van der Waals surface area contributed by atoms with Crippen molar-refractivity contribution in [2.24, 2.45) is 0 Å². The van der Waals surface area contributed by atoms with Crippen molar-refractivity contribution < 1.29 is 24.2 Å². The lowest BCUT2D eigenvalue weighted by atomic mass is 10.1. The van der Waals surface area contributed by atoms with Gasteiger partial charge in [0.15, 0.2) is 6.10 Å². The normalized spacial score (nSPS) is 22.0. The first-order valence-corrected chi connectivity index (χ1v) is 7.72. The number of para-hydroxylation sites is 1. The van der Waals surface area contributed by atoms with E-state index >= 15 is 0 Å². The molecule has 7 nitrogen and oxygen atoms in total. The third-order valence-electron chi connectivity index (χ3n) is 4.14. The van der Waals surface area contributed by atoms with Crippen LogP contribution in [0.4, 0.5) is 5.69 Å². The van der Waals surface area contributed by atoms with Gasteiger partial charge in [-0.25, -0.2) is 4.79 Å². The SMILES string of the molecule is O=C(O)c1ccccc1N1CCOC(C(=O)N2CCOCC2)C1. The average Bonchev–Trinajstić information content (AvgIpc) is 2.62. The molecule has 2 heterocycles. The van der Waals surface area contributed by atoms with Gasteiger partial charge in [-0.05, 0) is 12.1 Å². The summed E-state index contributed by atoms with van der Waals surface area (Å²) in [4.78, 5) is 27.6. The third-order valence-corrected chi connectivity index (χ3v) is 4.14. The molecule has 0 saturated carbocycles. The Hall–Kier alpha value is -2.12. The maximum atomic E-state index is 12.6. The molecule has 0 bridgehead atoms. The van der Waals surface area contributed by atoms with Crippen LogP contribution < -0.4 is 4.90 Å². The number of aromatic carboxylic acids is 1. The van der Waals surface area contributed by atoms with Crippen molar-refractivity contribution in [3.05, 3.63) is 29.8 Å². The molecule has 7 heteroatoms. The Kier molecular flexibility index (Phi) is 4.78. The molecule has 0 spiro atoms. The van der Waals surface area contributed by atoms with Gasteiger partial charge in [0.25, 0.3) is 5.91 Å². The number of carboxylic acid groups (broad SMARTS) is 1. The molecule has 1 aromatic carbocycles. The minimum absolute atomic E-state index is 0.0502. The van der Waals surface area contributed by atoms with Gasteiger partial charge in [-0.2, -0.15) is 0 Å². The highest BCUT2D eigenvalue weighted by molar-refractivity contribution is 5.94. The van der Waals surface area contributed by atoms with Crippen LogP contribution in [0.25, 0.3) is 0 Å². The average molecular weight is 320 g/mol. The number of morpholine rings is 2. The number of carboxylic acids is 1.